The molecule has 0 aliphatic rings. The van der Waals surface area contributed by atoms with E-state index in [1.54, 1.807) is 18.3 Å². The molecule has 1 heterocycles. The van der Waals surface area contributed by atoms with Gasteiger partial charge < -0.3 is 15.5 Å². The number of halogens is 1. The van der Waals surface area contributed by atoms with Gasteiger partial charge in [-0.15, -0.1) is 0 Å². The van der Waals surface area contributed by atoms with Crippen molar-refractivity contribution in [1.82, 2.24) is 10.2 Å². The summed E-state index contributed by atoms with van der Waals surface area (Å²) in [5, 5.41) is 9.09. The lowest BCUT2D eigenvalue weighted by molar-refractivity contribution is -0.136. The molecule has 2 rings (SSSR count). The molecule has 0 unspecified atom stereocenters. The second kappa shape index (κ2) is 8.03. The molecule has 2 aromatic rings. The largest absolute Gasteiger partial charge is 0.346 e. The van der Waals surface area contributed by atoms with Crippen LogP contribution in [0.1, 0.15) is 17.2 Å². The number of amides is 2. The predicted molar refractivity (Wildman–Crippen MR) is 93.5 cm³/mol. The van der Waals surface area contributed by atoms with Gasteiger partial charge in [-0.25, -0.2) is 4.39 Å². The van der Waals surface area contributed by atoms with Crippen LogP contribution in [0, 0.1) is 12.7 Å². The first-order valence-electron chi connectivity index (χ1n) is 7.42. The molecule has 0 saturated carbocycles. The number of nitrogens with one attached hydrogen (secondary N) is 2. The Morgan fingerprint density at radius 1 is 1.25 bits per heavy atom. The molecule has 0 bridgehead atoms. The van der Waals surface area contributed by atoms with Crippen LogP contribution in [-0.4, -0.2) is 37.4 Å². The maximum Gasteiger partial charge on any atom is 0.313 e. The van der Waals surface area contributed by atoms with Gasteiger partial charge >= 0.3 is 11.8 Å². The van der Waals surface area contributed by atoms with Crippen LogP contribution >= 0.6 is 11.3 Å². The molecule has 128 valence electrons. The third-order valence-corrected chi connectivity index (χ3v) is 4.33. The Bertz CT molecular complexity index is 717. The van der Waals surface area contributed by atoms with Crippen molar-refractivity contribution < 1.29 is 14.0 Å². The van der Waals surface area contributed by atoms with Crippen molar-refractivity contribution in [3.63, 3.8) is 0 Å². The standard InChI is InChI=1S/C17H20FN3O2S/c1-11-8-13(4-5-14(11)18)20-17(23)16(22)19-9-15(21(2)3)12-6-7-24-10-12/h4-8,10,15H,9H2,1-3H3,(H,19,22)(H,20,23)/t15-/m0/s1. The Kier molecular flexibility index (Phi) is 6.05. The van der Waals surface area contributed by atoms with Gasteiger partial charge in [-0.05, 0) is 67.2 Å². The lowest BCUT2D eigenvalue weighted by atomic mass is 10.1. The van der Waals surface area contributed by atoms with Crippen molar-refractivity contribution in [3.8, 4) is 0 Å². The normalized spacial score (nSPS) is 12.0. The second-order valence-corrected chi connectivity index (χ2v) is 6.44. The number of carbonyl (C=O) groups is 2. The Balaban J connectivity index is 1.93. The van der Waals surface area contributed by atoms with E-state index < -0.39 is 11.8 Å². The van der Waals surface area contributed by atoms with E-state index in [-0.39, 0.29) is 11.9 Å². The molecule has 1 atom stereocenters. The first kappa shape index (κ1) is 18.1. The molecule has 0 aliphatic carbocycles. The number of thiophene rings is 1. The number of rotatable bonds is 5. The quantitative estimate of drug-likeness (QED) is 0.816. The van der Waals surface area contributed by atoms with Crippen molar-refractivity contribution >= 4 is 28.8 Å². The van der Waals surface area contributed by atoms with Gasteiger partial charge in [-0.3, -0.25) is 9.59 Å². The van der Waals surface area contributed by atoms with Crippen LogP contribution < -0.4 is 10.6 Å². The summed E-state index contributed by atoms with van der Waals surface area (Å²) < 4.78 is 13.2. The molecule has 24 heavy (non-hydrogen) atoms. The van der Waals surface area contributed by atoms with E-state index in [4.69, 9.17) is 0 Å². The van der Waals surface area contributed by atoms with E-state index in [1.165, 1.54) is 18.2 Å². The number of anilines is 1. The summed E-state index contributed by atoms with van der Waals surface area (Å²) >= 11 is 1.58. The number of likely N-dealkylation sites (N-methyl/N-ethyl adjacent to an activating group) is 1. The van der Waals surface area contributed by atoms with Crippen molar-refractivity contribution in [1.29, 1.82) is 0 Å². The Morgan fingerprint density at radius 3 is 2.58 bits per heavy atom. The zero-order valence-electron chi connectivity index (χ0n) is 13.8. The van der Waals surface area contributed by atoms with Gasteiger partial charge in [0.25, 0.3) is 0 Å². The number of aryl methyl sites for hydroxylation is 1. The number of benzene rings is 1. The summed E-state index contributed by atoms with van der Waals surface area (Å²) in [7, 11) is 3.83. The second-order valence-electron chi connectivity index (χ2n) is 5.66. The first-order chi connectivity index (χ1) is 11.4. The number of nitrogens with zero attached hydrogens (tertiary/aromatic N) is 1. The predicted octanol–water partition coefficient (Wildman–Crippen LogP) is 2.55. The molecule has 0 aliphatic heterocycles. The summed E-state index contributed by atoms with van der Waals surface area (Å²) in [6, 6.07) is 6.13. The molecule has 7 heteroatoms. The molecule has 0 spiro atoms. The molecule has 1 aromatic heterocycles. The summed E-state index contributed by atoms with van der Waals surface area (Å²) in [6.45, 7) is 1.91. The topological polar surface area (TPSA) is 61.4 Å². The minimum absolute atomic E-state index is 0.0129. The minimum Gasteiger partial charge on any atom is -0.346 e. The SMILES string of the molecule is Cc1cc(NC(=O)C(=O)NC[C@@H](c2ccsc2)N(C)C)ccc1F. The average molecular weight is 349 g/mol. The Morgan fingerprint density at radius 2 is 2.00 bits per heavy atom. The van der Waals surface area contributed by atoms with Crippen molar-refractivity contribution in [3.05, 3.63) is 52.0 Å². The van der Waals surface area contributed by atoms with Crippen LogP contribution in [0.25, 0.3) is 0 Å². The Hall–Kier alpha value is -2.25. The van der Waals surface area contributed by atoms with Gasteiger partial charge in [-0.2, -0.15) is 11.3 Å². The van der Waals surface area contributed by atoms with E-state index in [2.05, 4.69) is 10.6 Å². The molecular formula is C17H20FN3O2S. The maximum absolute atomic E-state index is 13.2. The van der Waals surface area contributed by atoms with E-state index in [1.807, 2.05) is 35.8 Å². The van der Waals surface area contributed by atoms with Crippen LogP contribution in [0.15, 0.2) is 35.0 Å². The average Bonchev–Trinajstić information content (AvgIpc) is 3.04. The zero-order valence-corrected chi connectivity index (χ0v) is 14.6. The highest BCUT2D eigenvalue weighted by Gasteiger charge is 2.19. The van der Waals surface area contributed by atoms with Gasteiger partial charge in [0.2, 0.25) is 0 Å². The molecule has 2 N–H and O–H groups in total. The van der Waals surface area contributed by atoms with Crippen LogP contribution in [0.3, 0.4) is 0 Å². The van der Waals surface area contributed by atoms with Crippen LogP contribution in [0.4, 0.5) is 10.1 Å². The number of hydrogen-bond acceptors (Lipinski definition) is 4. The number of carbonyl (C=O) groups excluding carboxylic acids is 2. The highest BCUT2D eigenvalue weighted by molar-refractivity contribution is 7.07. The van der Waals surface area contributed by atoms with Crippen molar-refractivity contribution in [2.75, 3.05) is 26.0 Å². The van der Waals surface area contributed by atoms with Crippen LogP contribution in [0.5, 0.6) is 0 Å². The van der Waals surface area contributed by atoms with Crippen LogP contribution in [-0.2, 0) is 9.59 Å². The molecular weight excluding hydrogens is 329 g/mol. The van der Waals surface area contributed by atoms with E-state index in [0.717, 1.165) is 5.56 Å². The van der Waals surface area contributed by atoms with E-state index in [9.17, 15) is 14.0 Å². The number of hydrogen-bond donors (Lipinski definition) is 2. The van der Waals surface area contributed by atoms with E-state index in [0.29, 0.717) is 17.8 Å². The summed E-state index contributed by atoms with van der Waals surface area (Å²) in [6.07, 6.45) is 0. The molecule has 0 fully saturated rings. The molecule has 0 saturated heterocycles. The summed E-state index contributed by atoms with van der Waals surface area (Å²) in [5.74, 6) is -1.86. The maximum atomic E-state index is 13.2. The highest BCUT2D eigenvalue weighted by Crippen LogP contribution is 2.20. The monoisotopic (exact) mass is 349 g/mol. The lowest BCUT2D eigenvalue weighted by Gasteiger charge is -2.23. The van der Waals surface area contributed by atoms with E-state index >= 15 is 0 Å². The van der Waals surface area contributed by atoms with Gasteiger partial charge in [0, 0.05) is 12.2 Å². The molecule has 0 radical (unpaired) electrons. The lowest BCUT2D eigenvalue weighted by Crippen LogP contribution is -2.40. The van der Waals surface area contributed by atoms with Gasteiger partial charge in [-0.1, -0.05) is 0 Å². The molecule has 1 aromatic carbocycles. The van der Waals surface area contributed by atoms with Crippen LogP contribution in [0.2, 0.25) is 0 Å². The third kappa shape index (κ3) is 4.62. The zero-order chi connectivity index (χ0) is 17.7. The van der Waals surface area contributed by atoms with Crippen molar-refractivity contribution in [2.24, 2.45) is 0 Å². The molecule has 5 nitrogen and oxygen atoms in total. The Labute approximate surface area is 144 Å². The first-order valence-corrected chi connectivity index (χ1v) is 8.36. The third-order valence-electron chi connectivity index (χ3n) is 3.63. The highest BCUT2D eigenvalue weighted by atomic mass is 32.1. The molecule has 2 amide bonds. The minimum atomic E-state index is -0.774. The summed E-state index contributed by atoms with van der Waals surface area (Å²) in [4.78, 5) is 25.9. The smallest absolute Gasteiger partial charge is 0.313 e. The summed E-state index contributed by atoms with van der Waals surface area (Å²) in [5.41, 5.74) is 1.87. The fourth-order valence-electron chi connectivity index (χ4n) is 2.24. The fraction of sp³-hybridized carbons (Fsp3) is 0.294. The van der Waals surface area contributed by atoms with Gasteiger partial charge in [0.1, 0.15) is 5.82 Å². The van der Waals surface area contributed by atoms with Crippen molar-refractivity contribution in [2.45, 2.75) is 13.0 Å². The van der Waals surface area contributed by atoms with Gasteiger partial charge in [0.15, 0.2) is 0 Å². The van der Waals surface area contributed by atoms with Gasteiger partial charge in [0.05, 0.1) is 6.04 Å². The fourth-order valence-corrected chi connectivity index (χ4v) is 2.95.